The van der Waals surface area contributed by atoms with Crippen LogP contribution in [0.25, 0.3) is 0 Å². The Bertz CT molecular complexity index is 769. The van der Waals surface area contributed by atoms with Crippen LogP contribution in [0.3, 0.4) is 0 Å². The van der Waals surface area contributed by atoms with E-state index in [0.29, 0.717) is 6.61 Å². The molecule has 2 heterocycles. The topological polar surface area (TPSA) is 134 Å². The van der Waals surface area contributed by atoms with Gasteiger partial charge in [0.05, 0.1) is 10.4 Å². The lowest BCUT2D eigenvalue weighted by atomic mass is 10.5. The third-order valence-electron chi connectivity index (χ3n) is 2.13. The van der Waals surface area contributed by atoms with Crippen LogP contribution in [0.5, 0.6) is 6.01 Å². The standard InChI is InChI=1S/C9H9BrN4O5S2/c1-2-19-9-11-8(12-13-9)14-21(17,18)5-3-4(7(15)16)20-6(5)10/h3H,2H2,1H3,(H,15,16)(H2,11,12,13,14). The van der Waals surface area contributed by atoms with Crippen LogP contribution in [0.2, 0.25) is 0 Å². The molecule has 0 aromatic carbocycles. The molecule has 21 heavy (non-hydrogen) atoms. The summed E-state index contributed by atoms with van der Waals surface area (Å²) in [7, 11) is -4.00. The number of thiophene rings is 1. The monoisotopic (exact) mass is 396 g/mol. The number of H-pyrrole nitrogens is 1. The molecule has 2 aromatic heterocycles. The normalized spacial score (nSPS) is 11.3. The fourth-order valence-corrected chi connectivity index (χ4v) is 4.67. The summed E-state index contributed by atoms with van der Waals surface area (Å²) in [6.45, 7) is 2.07. The summed E-state index contributed by atoms with van der Waals surface area (Å²) in [5.74, 6) is -1.34. The summed E-state index contributed by atoms with van der Waals surface area (Å²) in [4.78, 5) is 14.3. The van der Waals surface area contributed by atoms with Crippen LogP contribution in [0.1, 0.15) is 16.6 Å². The van der Waals surface area contributed by atoms with Crippen LogP contribution in [-0.4, -0.2) is 41.3 Å². The number of rotatable bonds is 6. The first kappa shape index (κ1) is 15.7. The Kier molecular flexibility index (Phi) is 4.49. The third kappa shape index (κ3) is 3.51. The van der Waals surface area contributed by atoms with Crippen molar-refractivity contribution in [1.29, 1.82) is 0 Å². The van der Waals surface area contributed by atoms with Gasteiger partial charge in [-0.05, 0) is 28.9 Å². The van der Waals surface area contributed by atoms with E-state index in [-0.39, 0.29) is 25.5 Å². The van der Waals surface area contributed by atoms with Gasteiger partial charge in [0, 0.05) is 0 Å². The van der Waals surface area contributed by atoms with Crippen LogP contribution in [-0.2, 0) is 10.0 Å². The molecule has 9 nitrogen and oxygen atoms in total. The Hall–Kier alpha value is -1.66. The number of nitrogens with zero attached hydrogens (tertiary/aromatic N) is 2. The van der Waals surface area contributed by atoms with Gasteiger partial charge in [0.15, 0.2) is 0 Å². The highest BCUT2D eigenvalue weighted by Crippen LogP contribution is 2.32. The number of carboxylic acid groups (broad SMARTS) is 1. The number of anilines is 1. The molecule has 0 bridgehead atoms. The molecule has 0 aliphatic heterocycles. The van der Waals surface area contributed by atoms with Crippen LogP contribution in [0.15, 0.2) is 14.7 Å². The van der Waals surface area contributed by atoms with Gasteiger partial charge in [-0.3, -0.25) is 0 Å². The van der Waals surface area contributed by atoms with E-state index in [0.717, 1.165) is 17.4 Å². The predicted molar refractivity (Wildman–Crippen MR) is 77.3 cm³/mol. The lowest BCUT2D eigenvalue weighted by Gasteiger charge is -2.02. The molecule has 114 valence electrons. The molecule has 0 spiro atoms. The van der Waals surface area contributed by atoms with Crippen molar-refractivity contribution in [3.8, 4) is 6.01 Å². The number of aromatic nitrogens is 3. The van der Waals surface area contributed by atoms with Gasteiger partial charge in [-0.2, -0.15) is 4.98 Å². The van der Waals surface area contributed by atoms with Gasteiger partial charge < -0.3 is 9.84 Å². The number of hydrogen-bond acceptors (Lipinski definition) is 7. The number of carboxylic acids is 1. The fourth-order valence-electron chi connectivity index (χ4n) is 1.31. The fraction of sp³-hybridized carbons (Fsp3) is 0.222. The van der Waals surface area contributed by atoms with Gasteiger partial charge in [-0.1, -0.05) is 0 Å². The minimum absolute atomic E-state index is 0.00538. The van der Waals surface area contributed by atoms with Crippen LogP contribution >= 0.6 is 27.3 Å². The number of aromatic carboxylic acids is 1. The second-order valence-corrected chi connectivity index (χ2v) is 7.58. The van der Waals surface area contributed by atoms with Gasteiger partial charge in [0.1, 0.15) is 9.77 Å². The largest absolute Gasteiger partial charge is 0.477 e. The Labute approximate surface area is 131 Å². The SMILES string of the molecule is CCOc1n[nH]c(NS(=O)(=O)c2cc(C(=O)O)sc2Br)n1. The van der Waals surface area contributed by atoms with Gasteiger partial charge in [-0.15, -0.1) is 16.4 Å². The van der Waals surface area contributed by atoms with Gasteiger partial charge in [0.2, 0.25) is 5.95 Å². The quantitative estimate of drug-likeness (QED) is 0.673. The molecule has 0 aliphatic rings. The number of ether oxygens (including phenoxy) is 1. The minimum atomic E-state index is -4.00. The van der Waals surface area contributed by atoms with Crippen LogP contribution < -0.4 is 9.46 Å². The summed E-state index contributed by atoms with van der Waals surface area (Å²) < 4.78 is 31.7. The van der Waals surface area contributed by atoms with Crippen molar-refractivity contribution < 1.29 is 23.1 Å². The van der Waals surface area contributed by atoms with Crippen molar-refractivity contribution >= 4 is 49.2 Å². The Balaban J connectivity index is 2.27. The van der Waals surface area contributed by atoms with Crippen molar-refractivity contribution in [2.24, 2.45) is 0 Å². The first-order chi connectivity index (χ1) is 9.83. The smallest absolute Gasteiger partial charge is 0.345 e. The summed E-state index contributed by atoms with van der Waals surface area (Å²) in [6, 6.07) is 1.06. The van der Waals surface area contributed by atoms with E-state index in [9.17, 15) is 13.2 Å². The van der Waals surface area contributed by atoms with Gasteiger partial charge in [-0.25, -0.2) is 23.0 Å². The van der Waals surface area contributed by atoms with Crippen LogP contribution in [0.4, 0.5) is 5.95 Å². The highest BCUT2D eigenvalue weighted by Gasteiger charge is 2.24. The molecule has 2 rings (SSSR count). The molecule has 0 aliphatic carbocycles. The van der Waals surface area contributed by atoms with Gasteiger partial charge >= 0.3 is 12.0 Å². The molecule has 0 fully saturated rings. The van der Waals surface area contributed by atoms with E-state index >= 15 is 0 Å². The molecule has 0 saturated heterocycles. The van der Waals surface area contributed by atoms with Crippen LogP contribution in [0, 0.1) is 0 Å². The molecule has 0 radical (unpaired) electrons. The van der Waals surface area contributed by atoms with Crippen molar-refractivity contribution in [3.05, 3.63) is 14.7 Å². The van der Waals surface area contributed by atoms with Crippen molar-refractivity contribution in [2.45, 2.75) is 11.8 Å². The Morgan fingerprint density at radius 1 is 1.62 bits per heavy atom. The van der Waals surface area contributed by atoms with E-state index < -0.39 is 16.0 Å². The van der Waals surface area contributed by atoms with Gasteiger partial charge in [0.25, 0.3) is 10.0 Å². The first-order valence-electron chi connectivity index (χ1n) is 5.44. The average molecular weight is 397 g/mol. The van der Waals surface area contributed by atoms with E-state index in [1.165, 1.54) is 0 Å². The zero-order valence-electron chi connectivity index (χ0n) is 10.5. The molecule has 3 N–H and O–H groups in total. The minimum Gasteiger partial charge on any atom is -0.477 e. The maximum absolute atomic E-state index is 12.2. The Morgan fingerprint density at radius 3 is 2.90 bits per heavy atom. The number of hydrogen-bond donors (Lipinski definition) is 3. The maximum Gasteiger partial charge on any atom is 0.345 e. The molecule has 0 saturated carbocycles. The maximum atomic E-state index is 12.2. The first-order valence-corrected chi connectivity index (χ1v) is 8.53. The number of halogens is 1. The summed E-state index contributed by atoms with van der Waals surface area (Å²) >= 11 is 3.83. The van der Waals surface area contributed by atoms with E-state index in [1.54, 1.807) is 6.92 Å². The lowest BCUT2D eigenvalue weighted by molar-refractivity contribution is 0.0702. The molecular formula is C9H9BrN4O5S2. The average Bonchev–Trinajstić information content (AvgIpc) is 2.96. The number of sulfonamides is 1. The number of carbonyl (C=O) groups is 1. The van der Waals surface area contributed by atoms with E-state index in [2.05, 4.69) is 35.8 Å². The molecule has 0 atom stereocenters. The zero-order chi connectivity index (χ0) is 15.6. The third-order valence-corrected chi connectivity index (χ3v) is 5.70. The molecule has 12 heteroatoms. The van der Waals surface area contributed by atoms with E-state index in [1.807, 2.05) is 0 Å². The number of aromatic amines is 1. The Morgan fingerprint density at radius 2 is 2.33 bits per heavy atom. The van der Waals surface area contributed by atoms with Crippen molar-refractivity contribution in [3.63, 3.8) is 0 Å². The molecule has 0 unspecified atom stereocenters. The second kappa shape index (κ2) is 5.99. The lowest BCUT2D eigenvalue weighted by Crippen LogP contribution is -2.13. The second-order valence-electron chi connectivity index (χ2n) is 3.56. The summed E-state index contributed by atoms with van der Waals surface area (Å²) in [5, 5.41) is 14.9. The number of nitrogens with one attached hydrogen (secondary N) is 2. The summed E-state index contributed by atoms with van der Waals surface area (Å²) in [6.07, 6.45) is 0. The highest BCUT2D eigenvalue weighted by atomic mass is 79.9. The van der Waals surface area contributed by atoms with Crippen molar-refractivity contribution in [2.75, 3.05) is 11.3 Å². The molecular weight excluding hydrogens is 388 g/mol. The summed E-state index contributed by atoms with van der Waals surface area (Å²) in [5.41, 5.74) is 0. The highest BCUT2D eigenvalue weighted by molar-refractivity contribution is 9.11. The molecule has 0 amide bonds. The van der Waals surface area contributed by atoms with E-state index in [4.69, 9.17) is 9.84 Å². The predicted octanol–water partition coefficient (Wildman–Crippen LogP) is 1.53. The zero-order valence-corrected chi connectivity index (χ0v) is 13.7. The molecule has 2 aromatic rings. The van der Waals surface area contributed by atoms with Crippen molar-refractivity contribution in [1.82, 2.24) is 15.2 Å².